The van der Waals surface area contributed by atoms with Gasteiger partial charge in [-0.3, -0.25) is 4.79 Å². The van der Waals surface area contributed by atoms with E-state index in [9.17, 15) is 9.59 Å². The zero-order chi connectivity index (χ0) is 17.7. The lowest BCUT2D eigenvalue weighted by atomic mass is 10.1. The van der Waals surface area contributed by atoms with Gasteiger partial charge in [0, 0.05) is 12.5 Å². The minimum absolute atomic E-state index is 0.0944. The van der Waals surface area contributed by atoms with Crippen molar-refractivity contribution in [2.24, 2.45) is 0 Å². The highest BCUT2D eigenvalue weighted by Gasteiger charge is 2.16. The van der Waals surface area contributed by atoms with Crippen molar-refractivity contribution < 1.29 is 19.1 Å². The number of amides is 1. The molecule has 0 aliphatic carbocycles. The highest BCUT2D eigenvalue weighted by Crippen LogP contribution is 2.24. The highest BCUT2D eigenvalue weighted by molar-refractivity contribution is 6.01. The van der Waals surface area contributed by atoms with Gasteiger partial charge in [-0.25, -0.2) is 4.79 Å². The Morgan fingerprint density at radius 1 is 1.12 bits per heavy atom. The van der Waals surface area contributed by atoms with Gasteiger partial charge in [0.1, 0.15) is 12.4 Å². The molecular formula is C19H21NO4. The maximum atomic E-state index is 12.4. The van der Waals surface area contributed by atoms with E-state index in [0.29, 0.717) is 17.0 Å². The maximum absolute atomic E-state index is 12.4. The first-order valence-electron chi connectivity index (χ1n) is 7.60. The van der Waals surface area contributed by atoms with Crippen LogP contribution in [0.4, 0.5) is 5.69 Å². The molecule has 1 amide bonds. The minimum atomic E-state index is -0.494. The van der Waals surface area contributed by atoms with Crippen LogP contribution in [-0.2, 0) is 16.1 Å². The molecule has 2 aromatic carbocycles. The lowest BCUT2D eigenvalue weighted by molar-refractivity contribution is -0.114. The van der Waals surface area contributed by atoms with E-state index in [2.05, 4.69) is 5.32 Å². The SMILES string of the molecule is COc1ccc(C)cc1COC(=O)c1cccc(C)c1NC(C)=O. The summed E-state index contributed by atoms with van der Waals surface area (Å²) in [7, 11) is 1.57. The first kappa shape index (κ1) is 17.5. The molecule has 5 heteroatoms. The molecule has 0 atom stereocenters. The summed E-state index contributed by atoms with van der Waals surface area (Å²) in [5.41, 5.74) is 3.45. The molecule has 0 aliphatic rings. The summed E-state index contributed by atoms with van der Waals surface area (Å²) < 4.78 is 10.7. The molecule has 0 bridgehead atoms. The predicted octanol–water partition coefficient (Wildman–Crippen LogP) is 3.63. The number of hydrogen-bond acceptors (Lipinski definition) is 4. The van der Waals surface area contributed by atoms with E-state index in [1.165, 1.54) is 6.92 Å². The summed E-state index contributed by atoms with van der Waals surface area (Å²) in [5.74, 6) is -0.0653. The number of methoxy groups -OCH3 is 1. The van der Waals surface area contributed by atoms with Crippen LogP contribution in [0.1, 0.15) is 34.0 Å². The van der Waals surface area contributed by atoms with Gasteiger partial charge in [0.05, 0.1) is 18.4 Å². The van der Waals surface area contributed by atoms with Crippen LogP contribution in [0, 0.1) is 13.8 Å². The summed E-state index contributed by atoms with van der Waals surface area (Å²) in [6, 6.07) is 10.9. The van der Waals surface area contributed by atoms with Crippen LogP contribution in [0.15, 0.2) is 36.4 Å². The van der Waals surface area contributed by atoms with Gasteiger partial charge in [0.2, 0.25) is 5.91 Å². The number of carbonyl (C=O) groups excluding carboxylic acids is 2. The van der Waals surface area contributed by atoms with Crippen molar-refractivity contribution in [1.82, 2.24) is 0 Å². The number of anilines is 1. The largest absolute Gasteiger partial charge is 0.496 e. The van der Waals surface area contributed by atoms with Crippen molar-refractivity contribution in [2.45, 2.75) is 27.4 Å². The maximum Gasteiger partial charge on any atom is 0.340 e. The van der Waals surface area contributed by atoms with Gasteiger partial charge >= 0.3 is 5.97 Å². The van der Waals surface area contributed by atoms with Crippen LogP contribution >= 0.6 is 0 Å². The van der Waals surface area contributed by atoms with Gasteiger partial charge in [-0.15, -0.1) is 0 Å². The van der Waals surface area contributed by atoms with Crippen molar-refractivity contribution in [1.29, 1.82) is 0 Å². The van der Waals surface area contributed by atoms with Crippen LogP contribution in [0.3, 0.4) is 0 Å². The molecule has 2 aromatic rings. The number of carbonyl (C=O) groups is 2. The zero-order valence-electron chi connectivity index (χ0n) is 14.3. The second-order valence-electron chi connectivity index (χ2n) is 5.57. The van der Waals surface area contributed by atoms with E-state index in [1.54, 1.807) is 19.2 Å². The Morgan fingerprint density at radius 3 is 2.54 bits per heavy atom. The summed E-state index contributed by atoms with van der Waals surface area (Å²) in [5, 5.41) is 2.69. The molecule has 0 fully saturated rings. The third kappa shape index (κ3) is 4.13. The highest BCUT2D eigenvalue weighted by atomic mass is 16.5. The lowest BCUT2D eigenvalue weighted by Gasteiger charge is -2.14. The quantitative estimate of drug-likeness (QED) is 0.852. The van der Waals surface area contributed by atoms with Crippen LogP contribution in [0.2, 0.25) is 0 Å². The summed E-state index contributed by atoms with van der Waals surface area (Å²) in [6.07, 6.45) is 0. The fraction of sp³-hybridized carbons (Fsp3) is 0.263. The number of benzene rings is 2. The average Bonchev–Trinajstić information content (AvgIpc) is 2.54. The molecule has 0 unspecified atom stereocenters. The molecule has 2 rings (SSSR count). The van der Waals surface area contributed by atoms with Crippen LogP contribution in [0.5, 0.6) is 5.75 Å². The Bertz CT molecular complexity index is 768. The molecule has 1 N–H and O–H groups in total. The van der Waals surface area contributed by atoms with Gasteiger partial charge < -0.3 is 14.8 Å². The molecule has 5 nitrogen and oxygen atoms in total. The van der Waals surface area contributed by atoms with Crippen molar-refractivity contribution in [2.75, 3.05) is 12.4 Å². The first-order valence-corrected chi connectivity index (χ1v) is 7.60. The molecule has 24 heavy (non-hydrogen) atoms. The Morgan fingerprint density at radius 2 is 1.88 bits per heavy atom. The number of rotatable bonds is 5. The van der Waals surface area contributed by atoms with Gasteiger partial charge in [0.25, 0.3) is 0 Å². The molecule has 0 saturated heterocycles. The standard InChI is InChI=1S/C19H21NO4/c1-12-8-9-17(23-4)15(10-12)11-24-19(22)16-7-5-6-13(2)18(16)20-14(3)21/h5-10H,11H2,1-4H3,(H,20,21). The van der Waals surface area contributed by atoms with Gasteiger partial charge in [-0.2, -0.15) is 0 Å². The lowest BCUT2D eigenvalue weighted by Crippen LogP contribution is -2.14. The van der Waals surface area contributed by atoms with Gasteiger partial charge in [0.15, 0.2) is 0 Å². The topological polar surface area (TPSA) is 64.6 Å². The normalized spacial score (nSPS) is 10.2. The van der Waals surface area contributed by atoms with Crippen LogP contribution in [-0.4, -0.2) is 19.0 Å². The second kappa shape index (κ2) is 7.64. The van der Waals surface area contributed by atoms with Crippen molar-refractivity contribution >= 4 is 17.6 Å². The van der Waals surface area contributed by atoms with E-state index < -0.39 is 5.97 Å². The van der Waals surface area contributed by atoms with E-state index in [0.717, 1.165) is 16.7 Å². The number of aryl methyl sites for hydroxylation is 2. The molecule has 0 heterocycles. The molecule has 126 valence electrons. The number of hydrogen-bond donors (Lipinski definition) is 1. The van der Waals surface area contributed by atoms with Gasteiger partial charge in [-0.05, 0) is 37.6 Å². The third-order valence-corrected chi connectivity index (χ3v) is 3.59. The molecule has 0 saturated carbocycles. The van der Waals surface area contributed by atoms with Crippen molar-refractivity contribution in [3.8, 4) is 5.75 Å². The zero-order valence-corrected chi connectivity index (χ0v) is 14.3. The number of para-hydroxylation sites is 1. The Balaban J connectivity index is 2.21. The Kier molecular flexibility index (Phi) is 5.58. The third-order valence-electron chi connectivity index (χ3n) is 3.59. The Hall–Kier alpha value is -2.82. The molecule has 0 aromatic heterocycles. The Labute approximate surface area is 141 Å². The van der Waals surface area contributed by atoms with Crippen molar-refractivity contribution in [3.63, 3.8) is 0 Å². The molecule has 0 spiro atoms. The van der Waals surface area contributed by atoms with E-state index >= 15 is 0 Å². The summed E-state index contributed by atoms with van der Waals surface area (Å²) in [6.45, 7) is 5.28. The number of ether oxygens (including phenoxy) is 2. The minimum Gasteiger partial charge on any atom is -0.496 e. The van der Waals surface area contributed by atoms with Crippen molar-refractivity contribution in [3.05, 3.63) is 58.7 Å². The van der Waals surface area contributed by atoms with E-state index in [1.807, 2.05) is 38.1 Å². The second-order valence-corrected chi connectivity index (χ2v) is 5.57. The van der Waals surface area contributed by atoms with E-state index in [4.69, 9.17) is 9.47 Å². The fourth-order valence-corrected chi connectivity index (χ4v) is 2.42. The first-order chi connectivity index (χ1) is 11.4. The smallest absolute Gasteiger partial charge is 0.340 e. The number of nitrogens with one attached hydrogen (secondary N) is 1. The monoisotopic (exact) mass is 327 g/mol. The average molecular weight is 327 g/mol. The number of esters is 1. The predicted molar refractivity (Wildman–Crippen MR) is 92.3 cm³/mol. The van der Waals surface area contributed by atoms with Crippen LogP contribution < -0.4 is 10.1 Å². The summed E-state index contributed by atoms with van der Waals surface area (Å²) in [4.78, 5) is 23.8. The van der Waals surface area contributed by atoms with Crippen LogP contribution in [0.25, 0.3) is 0 Å². The van der Waals surface area contributed by atoms with Gasteiger partial charge in [-0.1, -0.05) is 23.8 Å². The molecule has 0 radical (unpaired) electrons. The summed E-state index contributed by atoms with van der Waals surface area (Å²) >= 11 is 0. The molecular weight excluding hydrogens is 306 g/mol. The fourth-order valence-electron chi connectivity index (χ4n) is 2.42. The molecule has 0 aliphatic heterocycles. The van der Waals surface area contributed by atoms with E-state index in [-0.39, 0.29) is 12.5 Å².